The largest absolute Gasteiger partial charge is 2.00 e. The van der Waals surface area contributed by atoms with Gasteiger partial charge in [0, 0.05) is 23.5 Å². The molecular formula is C69H117N9O6RuS3. The van der Waals surface area contributed by atoms with Crippen molar-refractivity contribution in [2.45, 2.75) is 237 Å². The van der Waals surface area contributed by atoms with Crippen LogP contribution in [0.5, 0.6) is 0 Å². The van der Waals surface area contributed by atoms with Crippen molar-refractivity contribution in [3.05, 3.63) is 65.5 Å². The monoisotopic (exact) mass is 1370 g/mol. The quantitative estimate of drug-likeness (QED) is 0.0241. The third-order valence-corrected chi connectivity index (χ3v) is 15.4. The fourth-order valence-electron chi connectivity index (χ4n) is 10.2. The van der Waals surface area contributed by atoms with Gasteiger partial charge in [-0.1, -0.05) is 176 Å². The van der Waals surface area contributed by atoms with Crippen LogP contribution in [0.25, 0.3) is 22.8 Å². The number of hydrogen-bond acceptors (Lipinski definition) is 14. The van der Waals surface area contributed by atoms with Gasteiger partial charge in [0.25, 0.3) is 0 Å². The summed E-state index contributed by atoms with van der Waals surface area (Å²) in [4.78, 5) is 45.7. The molecule has 0 fully saturated rings. The van der Waals surface area contributed by atoms with Gasteiger partial charge in [-0.15, -0.1) is 0 Å². The molecule has 19 heteroatoms. The second-order valence-electron chi connectivity index (χ2n) is 22.6. The van der Waals surface area contributed by atoms with Gasteiger partial charge < -0.3 is 76.2 Å². The molecule has 1 N–H and O–H groups in total. The van der Waals surface area contributed by atoms with Gasteiger partial charge in [-0.3, -0.25) is 9.97 Å². The summed E-state index contributed by atoms with van der Waals surface area (Å²) >= 11 is 11.1. The molecule has 500 valence electrons. The molecule has 3 aromatic heterocycles. The third-order valence-electron chi connectivity index (χ3n) is 15.4. The molecule has 88 heavy (non-hydrogen) atoms. The number of thiocyanates is 3. The molecule has 0 saturated heterocycles. The minimum atomic E-state index is -1.50. The van der Waals surface area contributed by atoms with E-state index >= 15 is 0 Å². The molecule has 0 aliphatic rings. The Labute approximate surface area is 565 Å². The van der Waals surface area contributed by atoms with Gasteiger partial charge in [0.05, 0.1) is 119 Å². The van der Waals surface area contributed by atoms with Crippen LogP contribution >= 0.6 is 0 Å². The fourth-order valence-corrected chi connectivity index (χ4v) is 10.2. The number of carboxylic acids is 3. The van der Waals surface area contributed by atoms with E-state index in [9.17, 15) is 24.6 Å². The Bertz CT molecular complexity index is 2010. The number of aromatic nitrogens is 3. The second-order valence-corrected chi connectivity index (χ2v) is 23.1. The fraction of sp³-hybridized carbons (Fsp3) is 0.696. The molecule has 3 rings (SSSR count). The summed E-state index contributed by atoms with van der Waals surface area (Å²) in [7, 11) is 0. The molecular weight excluding hydrogens is 1250 g/mol. The number of unbranched alkanes of at least 4 members (excludes halogenated alkanes) is 12. The number of carboxylic acid groups (broad SMARTS) is 3. The van der Waals surface area contributed by atoms with E-state index in [1.807, 2.05) is 0 Å². The minimum absolute atomic E-state index is 0. The summed E-state index contributed by atoms with van der Waals surface area (Å²) in [6.07, 6.45) is 35.7. The van der Waals surface area contributed by atoms with E-state index in [1.54, 1.807) is 0 Å². The number of nitrogens with zero attached hydrogens (tertiary/aromatic N) is 9. The number of rotatable bonds is 41. The van der Waals surface area contributed by atoms with Gasteiger partial charge in [-0.2, -0.15) is 0 Å². The number of hydrogen-bond donors (Lipinski definition) is 1. The molecule has 0 aliphatic carbocycles. The molecule has 0 bridgehead atoms. The van der Waals surface area contributed by atoms with E-state index in [0.717, 1.165) is 0 Å². The Balaban J connectivity index is -0.000000338. The van der Waals surface area contributed by atoms with E-state index in [2.05, 4.69) is 136 Å². The zero-order valence-corrected chi connectivity index (χ0v) is 60.9. The number of carbonyl (C=O) groups is 3. The zero-order chi connectivity index (χ0) is 66.6. The van der Waals surface area contributed by atoms with Gasteiger partial charge in [-0.05, 0) is 113 Å². The van der Waals surface area contributed by atoms with Crippen LogP contribution in [0.15, 0.2) is 48.8 Å². The van der Waals surface area contributed by atoms with E-state index in [0.29, 0.717) is 0 Å². The molecule has 0 radical (unpaired) electrons. The molecule has 0 amide bonds. The van der Waals surface area contributed by atoms with E-state index in [1.165, 1.54) is 311 Å². The first-order valence-electron chi connectivity index (χ1n) is 33.0. The Morgan fingerprint density at radius 3 is 0.750 bits per heavy atom. The van der Waals surface area contributed by atoms with Gasteiger partial charge in [-0.25, -0.2) is 25.6 Å². The van der Waals surface area contributed by atoms with Crippen molar-refractivity contribution in [1.29, 1.82) is 15.8 Å². The van der Waals surface area contributed by atoms with Crippen LogP contribution in [-0.4, -0.2) is 130 Å². The Morgan fingerprint density at radius 2 is 0.568 bits per heavy atom. The van der Waals surface area contributed by atoms with Crippen molar-refractivity contribution in [1.82, 2.24) is 15.0 Å². The van der Waals surface area contributed by atoms with Crippen molar-refractivity contribution < 1.29 is 62.6 Å². The first kappa shape index (κ1) is 92.2. The van der Waals surface area contributed by atoms with Gasteiger partial charge in [0.15, 0.2) is 0 Å². The van der Waals surface area contributed by atoms with E-state index in [4.69, 9.17) is 20.9 Å². The van der Waals surface area contributed by atoms with Crippen LogP contribution in [-0.2, 0) is 57.4 Å². The molecule has 0 unspecified atom stereocenters. The first-order chi connectivity index (χ1) is 41.8. The molecule has 3 aromatic rings. The van der Waals surface area contributed by atoms with Crippen LogP contribution in [0.3, 0.4) is 0 Å². The van der Waals surface area contributed by atoms with Crippen LogP contribution in [0.2, 0.25) is 0 Å². The second kappa shape index (κ2) is 62.7. The van der Waals surface area contributed by atoms with Crippen LogP contribution in [0, 0.1) is 32.0 Å². The standard InChI is InChI=1S/C18H11N3O6.3C16H36N.3CHNS.Ru/c22-16(23)9-1-3-19-12(5-9)14-7-11(18(26)27)8-15(21-14)13-6-10(17(24)25)2-4-20-13;3*1-5-9-13-17(14-10-6-2,15-11-7-3)16-12-8-4;3*2-1-3;/h1-8H,(H,22,23)(H,24,25)(H,26,27);3*5-16H2,1-4H3;3*3H;/q;3*+1;;;;+2/p-5. The number of quaternary nitrogens is 3. The topological polar surface area (TPSA) is 228 Å². The summed E-state index contributed by atoms with van der Waals surface area (Å²) in [5, 5.41) is 56.9. The number of pyridine rings is 3. The molecule has 0 spiro atoms. The van der Waals surface area contributed by atoms with Gasteiger partial charge >= 0.3 is 25.4 Å². The van der Waals surface area contributed by atoms with Crippen LogP contribution in [0.1, 0.15) is 268 Å². The smallest absolute Gasteiger partial charge is 0.696 e. The molecule has 0 saturated carbocycles. The van der Waals surface area contributed by atoms with E-state index < -0.39 is 17.9 Å². The number of aromatic carboxylic acids is 3. The van der Waals surface area contributed by atoms with Crippen molar-refractivity contribution in [2.24, 2.45) is 0 Å². The first-order valence-corrected chi connectivity index (χ1v) is 34.2. The summed E-state index contributed by atoms with van der Waals surface area (Å²) in [6.45, 7) is 45.1. The predicted octanol–water partition coefficient (Wildman–Crippen LogP) is 14.7. The molecule has 3 heterocycles. The normalized spacial score (nSPS) is 10.4. The number of nitriles is 3. The van der Waals surface area contributed by atoms with Crippen molar-refractivity contribution in [2.75, 3.05) is 78.5 Å². The maximum Gasteiger partial charge on any atom is 2.00 e. The van der Waals surface area contributed by atoms with Gasteiger partial charge in [0.2, 0.25) is 0 Å². The minimum Gasteiger partial charge on any atom is -0.696 e. The summed E-state index contributed by atoms with van der Waals surface area (Å²) in [5.41, 5.74) is -0.135. The van der Waals surface area contributed by atoms with E-state index in [-0.39, 0.29) is 58.9 Å². The average Bonchev–Trinajstić information content (AvgIpc) is 3.60. The van der Waals surface area contributed by atoms with Crippen molar-refractivity contribution >= 4 is 55.8 Å². The molecule has 0 atom stereocenters. The Hall–Kier alpha value is -4.51. The van der Waals surface area contributed by atoms with Gasteiger partial charge in [0.1, 0.15) is 0 Å². The predicted molar refractivity (Wildman–Crippen MR) is 363 cm³/mol. The van der Waals surface area contributed by atoms with Crippen LogP contribution in [0.4, 0.5) is 0 Å². The molecule has 0 aliphatic heterocycles. The SMILES string of the molecule is CCCC[N+](CCCC)(CCCC)CCCC.CCCC[N+](CCCC)(CCCC)CCCC.CCCC[N+](CCCC)(CCCC)CCCC.N#C[S-].N#C[S-].N#C[S-].O=C([O-])c1ccnc(-c2cc(C(=O)[O-])cc(-c3cc(C(=O)O)ccn3)n2)c1.[Ru+2]. The average molecular weight is 1370 g/mol. The zero-order valence-electron chi connectivity index (χ0n) is 56.7. The maximum atomic E-state index is 11.3. The van der Waals surface area contributed by atoms with Crippen molar-refractivity contribution in [3.63, 3.8) is 0 Å². The summed E-state index contributed by atoms with van der Waals surface area (Å²) in [6, 6.07) is 7.26. The summed E-state index contributed by atoms with van der Waals surface area (Å²) < 4.78 is 4.26. The Morgan fingerprint density at radius 1 is 0.386 bits per heavy atom. The third kappa shape index (κ3) is 45.7. The number of carbonyl (C=O) groups excluding carboxylic acids is 2. The molecule has 15 nitrogen and oxygen atoms in total. The molecule has 0 aromatic carbocycles. The van der Waals surface area contributed by atoms with Crippen molar-refractivity contribution in [3.8, 4) is 39.0 Å². The maximum absolute atomic E-state index is 11.3. The Kier molecular flexibility index (Phi) is 65.7. The van der Waals surface area contributed by atoms with Crippen LogP contribution < -0.4 is 10.2 Å². The summed E-state index contributed by atoms with van der Waals surface area (Å²) in [5.74, 6) is -4.10.